The lowest BCUT2D eigenvalue weighted by Gasteiger charge is -2.11. The molecule has 0 saturated heterocycles. The Morgan fingerprint density at radius 1 is 1.06 bits per heavy atom. The lowest BCUT2D eigenvalue weighted by Crippen LogP contribution is -2.14. The highest BCUT2D eigenvalue weighted by Gasteiger charge is 2.36. The summed E-state index contributed by atoms with van der Waals surface area (Å²) >= 11 is 0. The molecule has 0 saturated carbocycles. The number of nitrogens with zero attached hydrogens (tertiary/aromatic N) is 1. The molecule has 0 amide bonds. The molecular formula is C10H7F6N. The highest BCUT2D eigenvalue weighted by Crippen LogP contribution is 2.32. The summed E-state index contributed by atoms with van der Waals surface area (Å²) in [7, 11) is 0. The standard InChI is InChI=1S/C10H7F6N/c1-6(5-17)3-8(10(14,15)16)4-7(2)9(11,12)13/h3-4H,1H2,2H3/b7-4+,8-3+. The fourth-order valence-corrected chi connectivity index (χ4v) is 0.740. The van der Waals surface area contributed by atoms with Gasteiger partial charge in [-0.15, -0.1) is 0 Å². The quantitative estimate of drug-likeness (QED) is 0.414. The normalized spacial score (nSPS) is 14.5. The number of nitriles is 1. The van der Waals surface area contributed by atoms with Gasteiger partial charge in [0.1, 0.15) is 0 Å². The van der Waals surface area contributed by atoms with Crippen LogP contribution in [0.4, 0.5) is 26.3 Å². The van der Waals surface area contributed by atoms with E-state index in [-0.39, 0.29) is 12.2 Å². The van der Waals surface area contributed by atoms with Gasteiger partial charge in [0.2, 0.25) is 0 Å². The van der Waals surface area contributed by atoms with Crippen LogP contribution < -0.4 is 0 Å². The van der Waals surface area contributed by atoms with Gasteiger partial charge < -0.3 is 0 Å². The van der Waals surface area contributed by atoms with Crippen molar-refractivity contribution in [1.29, 1.82) is 5.26 Å². The van der Waals surface area contributed by atoms with Crippen molar-refractivity contribution >= 4 is 0 Å². The summed E-state index contributed by atoms with van der Waals surface area (Å²) in [4.78, 5) is 0. The summed E-state index contributed by atoms with van der Waals surface area (Å²) in [6.07, 6.45) is -9.64. The first-order valence-corrected chi connectivity index (χ1v) is 4.12. The SMILES string of the molecule is C=C(C#N)/C=C(\C=C(/C)C(F)(F)F)C(F)(F)F. The van der Waals surface area contributed by atoms with Crippen molar-refractivity contribution in [3.05, 3.63) is 35.5 Å². The van der Waals surface area contributed by atoms with Crippen molar-refractivity contribution in [3.63, 3.8) is 0 Å². The van der Waals surface area contributed by atoms with E-state index in [4.69, 9.17) is 5.26 Å². The molecule has 94 valence electrons. The summed E-state index contributed by atoms with van der Waals surface area (Å²) in [5.41, 5.74) is -3.56. The molecule has 0 N–H and O–H groups in total. The van der Waals surface area contributed by atoms with Crippen molar-refractivity contribution in [3.8, 4) is 6.07 Å². The Bertz CT molecular complexity index is 402. The van der Waals surface area contributed by atoms with E-state index >= 15 is 0 Å². The molecule has 0 heterocycles. The molecule has 0 aliphatic rings. The maximum Gasteiger partial charge on any atom is 0.416 e. The molecule has 0 aliphatic carbocycles. The van der Waals surface area contributed by atoms with Crippen LogP contribution in [0.15, 0.2) is 35.5 Å². The van der Waals surface area contributed by atoms with Crippen LogP contribution in [0.1, 0.15) is 6.92 Å². The van der Waals surface area contributed by atoms with Gasteiger partial charge in [0.05, 0.1) is 11.6 Å². The second kappa shape index (κ2) is 5.08. The number of hydrogen-bond acceptors (Lipinski definition) is 1. The Balaban J connectivity index is 5.50. The smallest absolute Gasteiger partial charge is 0.192 e. The first-order chi connectivity index (χ1) is 7.48. The summed E-state index contributed by atoms with van der Waals surface area (Å²) in [5, 5.41) is 8.24. The molecule has 0 bridgehead atoms. The van der Waals surface area contributed by atoms with E-state index < -0.39 is 29.1 Å². The molecule has 7 heteroatoms. The highest BCUT2D eigenvalue weighted by atomic mass is 19.4. The summed E-state index contributed by atoms with van der Waals surface area (Å²) in [6.45, 7) is 3.46. The van der Waals surface area contributed by atoms with Gasteiger partial charge in [-0.3, -0.25) is 0 Å². The van der Waals surface area contributed by atoms with Crippen LogP contribution in [-0.4, -0.2) is 12.4 Å². The molecule has 0 fully saturated rings. The molecular weight excluding hydrogens is 248 g/mol. The second-order valence-electron chi connectivity index (χ2n) is 3.06. The predicted molar refractivity (Wildman–Crippen MR) is 48.7 cm³/mol. The third-order valence-electron chi connectivity index (χ3n) is 1.62. The van der Waals surface area contributed by atoms with Crippen LogP contribution >= 0.6 is 0 Å². The van der Waals surface area contributed by atoms with E-state index in [1.165, 1.54) is 6.07 Å². The van der Waals surface area contributed by atoms with Crippen molar-refractivity contribution in [2.45, 2.75) is 19.3 Å². The summed E-state index contributed by atoms with van der Waals surface area (Å²) < 4.78 is 73.2. The molecule has 0 aromatic carbocycles. The minimum atomic E-state index is -4.98. The lowest BCUT2D eigenvalue weighted by atomic mass is 10.1. The second-order valence-corrected chi connectivity index (χ2v) is 3.06. The fraction of sp³-hybridized carbons (Fsp3) is 0.300. The van der Waals surface area contributed by atoms with Crippen LogP contribution in [0.3, 0.4) is 0 Å². The highest BCUT2D eigenvalue weighted by molar-refractivity contribution is 5.40. The lowest BCUT2D eigenvalue weighted by molar-refractivity contribution is -0.0953. The molecule has 1 nitrogen and oxygen atoms in total. The third kappa shape index (κ3) is 5.24. The number of rotatable bonds is 2. The molecule has 17 heavy (non-hydrogen) atoms. The third-order valence-corrected chi connectivity index (χ3v) is 1.62. The first kappa shape index (κ1) is 15.3. The zero-order chi connectivity index (χ0) is 13.9. The molecule has 0 unspecified atom stereocenters. The van der Waals surface area contributed by atoms with Gasteiger partial charge in [-0.25, -0.2) is 0 Å². The van der Waals surface area contributed by atoms with E-state index in [0.29, 0.717) is 6.92 Å². The van der Waals surface area contributed by atoms with Crippen LogP contribution in [0.5, 0.6) is 0 Å². The van der Waals surface area contributed by atoms with Gasteiger partial charge in [0.15, 0.2) is 0 Å². The molecule has 0 radical (unpaired) electrons. The van der Waals surface area contributed by atoms with Crippen LogP contribution in [0.2, 0.25) is 0 Å². The Labute approximate surface area is 93.3 Å². The molecule has 0 rings (SSSR count). The van der Waals surface area contributed by atoms with Gasteiger partial charge in [0, 0.05) is 11.1 Å². The largest absolute Gasteiger partial charge is 0.416 e. The van der Waals surface area contributed by atoms with E-state index in [2.05, 4.69) is 6.58 Å². The minimum absolute atomic E-state index is 0.0669. The molecule has 0 atom stereocenters. The van der Waals surface area contributed by atoms with Gasteiger partial charge in [-0.05, 0) is 19.1 Å². The molecule has 0 aromatic rings. The first-order valence-electron chi connectivity index (χ1n) is 4.12. The number of hydrogen-bond donors (Lipinski definition) is 0. The van der Waals surface area contributed by atoms with E-state index in [0.717, 1.165) is 0 Å². The maximum atomic E-state index is 12.3. The maximum absolute atomic E-state index is 12.3. The molecule has 0 aliphatic heterocycles. The monoisotopic (exact) mass is 255 g/mol. The van der Waals surface area contributed by atoms with Crippen LogP contribution in [0.25, 0.3) is 0 Å². The fourth-order valence-electron chi connectivity index (χ4n) is 0.740. The molecule has 0 aromatic heterocycles. The Hall–Kier alpha value is -1.71. The Morgan fingerprint density at radius 2 is 1.53 bits per heavy atom. The van der Waals surface area contributed by atoms with Gasteiger partial charge in [-0.2, -0.15) is 31.6 Å². The number of alkyl halides is 6. The van der Waals surface area contributed by atoms with E-state index in [9.17, 15) is 26.3 Å². The molecule has 0 spiro atoms. The van der Waals surface area contributed by atoms with E-state index in [1.807, 2.05) is 0 Å². The Morgan fingerprint density at radius 3 is 1.82 bits per heavy atom. The summed E-state index contributed by atoms with van der Waals surface area (Å²) in [5.74, 6) is 0. The van der Waals surface area contributed by atoms with Crippen LogP contribution in [0, 0.1) is 11.3 Å². The van der Waals surface area contributed by atoms with Gasteiger partial charge >= 0.3 is 12.4 Å². The predicted octanol–water partition coefficient (Wildman–Crippen LogP) is 4.06. The topological polar surface area (TPSA) is 23.8 Å². The Kier molecular flexibility index (Phi) is 4.57. The van der Waals surface area contributed by atoms with Crippen molar-refractivity contribution in [2.24, 2.45) is 0 Å². The average molecular weight is 255 g/mol. The van der Waals surface area contributed by atoms with Gasteiger partial charge in [-0.1, -0.05) is 6.58 Å². The van der Waals surface area contributed by atoms with Crippen molar-refractivity contribution in [2.75, 3.05) is 0 Å². The van der Waals surface area contributed by atoms with E-state index in [1.54, 1.807) is 0 Å². The summed E-state index contributed by atoms with van der Waals surface area (Å²) in [6, 6.07) is 1.30. The van der Waals surface area contributed by atoms with Crippen LogP contribution in [-0.2, 0) is 0 Å². The minimum Gasteiger partial charge on any atom is -0.192 e. The number of halogens is 6. The zero-order valence-corrected chi connectivity index (χ0v) is 8.58. The van der Waals surface area contributed by atoms with Gasteiger partial charge in [0.25, 0.3) is 0 Å². The number of allylic oxidation sites excluding steroid dienone is 5. The average Bonchev–Trinajstić information content (AvgIpc) is 2.13. The van der Waals surface area contributed by atoms with Crippen molar-refractivity contribution < 1.29 is 26.3 Å². The zero-order valence-electron chi connectivity index (χ0n) is 8.58. The van der Waals surface area contributed by atoms with Crippen molar-refractivity contribution in [1.82, 2.24) is 0 Å².